The molecule has 1 heterocycles. The first-order valence-corrected chi connectivity index (χ1v) is 9.23. The fourth-order valence-electron chi connectivity index (χ4n) is 4.16. The molecule has 0 spiro atoms. The standard InChI is InChI=1S/C20H23ClN2O/c1-12-8-14(21)10-17-16-11-15(6-7-18(16)23-20(12)17)22-19(24)9-13-4-2-3-5-13/h2,4,8,10,13,15,23H,3,5-7,9,11H2,1H3,(H,22,24)/t13-,15-/m0/s1. The van der Waals surface area contributed by atoms with Crippen molar-refractivity contribution in [1.82, 2.24) is 10.3 Å². The Bertz CT molecular complexity index is 821. The highest BCUT2D eigenvalue weighted by atomic mass is 35.5. The molecule has 1 aromatic carbocycles. The Morgan fingerprint density at radius 3 is 3.04 bits per heavy atom. The molecule has 126 valence electrons. The average Bonchev–Trinajstić information content (AvgIpc) is 3.15. The van der Waals surface area contributed by atoms with E-state index in [9.17, 15) is 4.79 Å². The van der Waals surface area contributed by atoms with Crippen molar-refractivity contribution in [3.05, 3.63) is 46.1 Å². The highest BCUT2D eigenvalue weighted by Crippen LogP contribution is 2.33. The third-order valence-corrected chi connectivity index (χ3v) is 5.60. The first-order valence-electron chi connectivity index (χ1n) is 8.86. The Hall–Kier alpha value is -1.74. The molecule has 2 aliphatic carbocycles. The number of hydrogen-bond donors (Lipinski definition) is 2. The molecule has 2 atom stereocenters. The lowest BCUT2D eigenvalue weighted by Gasteiger charge is -2.24. The van der Waals surface area contributed by atoms with Crippen molar-refractivity contribution in [1.29, 1.82) is 0 Å². The molecule has 1 aromatic heterocycles. The molecule has 0 aliphatic heterocycles. The highest BCUT2D eigenvalue weighted by Gasteiger charge is 2.25. The van der Waals surface area contributed by atoms with Gasteiger partial charge >= 0.3 is 0 Å². The smallest absolute Gasteiger partial charge is 0.220 e. The Morgan fingerprint density at radius 1 is 1.38 bits per heavy atom. The summed E-state index contributed by atoms with van der Waals surface area (Å²) in [6.07, 6.45) is 10.1. The molecule has 2 aliphatic rings. The van der Waals surface area contributed by atoms with E-state index in [-0.39, 0.29) is 11.9 Å². The van der Waals surface area contributed by atoms with Gasteiger partial charge in [-0.3, -0.25) is 4.79 Å². The van der Waals surface area contributed by atoms with E-state index in [1.54, 1.807) is 0 Å². The molecule has 3 nitrogen and oxygen atoms in total. The number of H-pyrrole nitrogens is 1. The van der Waals surface area contributed by atoms with Crippen LogP contribution in [0.5, 0.6) is 0 Å². The number of rotatable bonds is 3. The van der Waals surface area contributed by atoms with Gasteiger partial charge in [-0.2, -0.15) is 0 Å². The number of halogens is 1. The van der Waals surface area contributed by atoms with Crippen molar-refractivity contribution >= 4 is 28.4 Å². The molecule has 1 amide bonds. The van der Waals surface area contributed by atoms with E-state index in [1.165, 1.54) is 27.7 Å². The van der Waals surface area contributed by atoms with Crippen LogP contribution in [0.2, 0.25) is 5.02 Å². The maximum Gasteiger partial charge on any atom is 0.220 e. The summed E-state index contributed by atoms with van der Waals surface area (Å²) in [5, 5.41) is 5.24. The predicted molar refractivity (Wildman–Crippen MR) is 98.5 cm³/mol. The number of carbonyl (C=O) groups excluding carboxylic acids is 1. The van der Waals surface area contributed by atoms with Crippen molar-refractivity contribution in [2.75, 3.05) is 0 Å². The molecule has 4 rings (SSSR count). The quantitative estimate of drug-likeness (QED) is 0.795. The fraction of sp³-hybridized carbons (Fsp3) is 0.450. The number of fused-ring (bicyclic) bond motifs is 3. The summed E-state index contributed by atoms with van der Waals surface area (Å²) in [5.41, 5.74) is 5.00. The zero-order chi connectivity index (χ0) is 16.7. The Labute approximate surface area is 147 Å². The van der Waals surface area contributed by atoms with Gasteiger partial charge in [-0.25, -0.2) is 0 Å². The number of benzene rings is 1. The van der Waals surface area contributed by atoms with Gasteiger partial charge in [0, 0.05) is 34.1 Å². The van der Waals surface area contributed by atoms with E-state index in [1.807, 2.05) is 12.1 Å². The number of hydrogen-bond acceptors (Lipinski definition) is 1. The van der Waals surface area contributed by atoms with Gasteiger partial charge in [0.25, 0.3) is 0 Å². The van der Waals surface area contributed by atoms with Crippen molar-refractivity contribution in [2.45, 2.75) is 51.5 Å². The van der Waals surface area contributed by atoms with Gasteiger partial charge in [-0.1, -0.05) is 23.8 Å². The Balaban J connectivity index is 1.50. The minimum atomic E-state index is 0.189. The molecule has 2 aromatic rings. The molecule has 24 heavy (non-hydrogen) atoms. The number of amides is 1. The summed E-state index contributed by atoms with van der Waals surface area (Å²) < 4.78 is 0. The summed E-state index contributed by atoms with van der Waals surface area (Å²) in [6, 6.07) is 4.28. The van der Waals surface area contributed by atoms with Crippen LogP contribution in [-0.4, -0.2) is 16.9 Å². The number of aryl methyl sites for hydroxylation is 2. The number of carbonyl (C=O) groups is 1. The summed E-state index contributed by atoms with van der Waals surface area (Å²) >= 11 is 6.25. The summed E-state index contributed by atoms with van der Waals surface area (Å²) in [6.45, 7) is 2.09. The number of aromatic nitrogens is 1. The third-order valence-electron chi connectivity index (χ3n) is 5.38. The van der Waals surface area contributed by atoms with Crippen LogP contribution >= 0.6 is 11.6 Å². The molecule has 0 fully saturated rings. The van der Waals surface area contributed by atoms with Crippen molar-refractivity contribution < 1.29 is 4.79 Å². The first-order chi connectivity index (χ1) is 11.6. The van der Waals surface area contributed by atoms with Crippen molar-refractivity contribution in [3.63, 3.8) is 0 Å². The lowest BCUT2D eigenvalue weighted by atomic mass is 9.91. The van der Waals surface area contributed by atoms with E-state index in [0.29, 0.717) is 12.3 Å². The number of allylic oxidation sites excluding steroid dienone is 2. The highest BCUT2D eigenvalue weighted by molar-refractivity contribution is 6.31. The fourth-order valence-corrected chi connectivity index (χ4v) is 4.44. The van der Waals surface area contributed by atoms with Crippen LogP contribution in [-0.2, 0) is 17.6 Å². The molecule has 2 N–H and O–H groups in total. The van der Waals surface area contributed by atoms with Crippen LogP contribution in [0.1, 0.15) is 42.5 Å². The zero-order valence-corrected chi connectivity index (χ0v) is 14.7. The number of aromatic amines is 1. The van der Waals surface area contributed by atoms with E-state index in [0.717, 1.165) is 37.1 Å². The van der Waals surface area contributed by atoms with Gasteiger partial charge in [0.2, 0.25) is 5.91 Å². The predicted octanol–water partition coefficient (Wildman–Crippen LogP) is 4.46. The maximum atomic E-state index is 12.3. The lowest BCUT2D eigenvalue weighted by molar-refractivity contribution is -0.122. The molecule has 0 bridgehead atoms. The SMILES string of the molecule is Cc1cc(Cl)cc2c3c([nH]c12)CC[C@H](NC(=O)C[C@H]1C=CCC1)C3. The van der Waals surface area contributed by atoms with Crippen molar-refractivity contribution in [2.24, 2.45) is 5.92 Å². The molecule has 0 saturated heterocycles. The lowest BCUT2D eigenvalue weighted by Crippen LogP contribution is -2.39. The second-order valence-electron chi connectivity index (χ2n) is 7.20. The first kappa shape index (κ1) is 15.8. The van der Waals surface area contributed by atoms with E-state index < -0.39 is 0 Å². The van der Waals surface area contributed by atoms with Gasteiger partial charge in [0.05, 0.1) is 0 Å². The second-order valence-corrected chi connectivity index (χ2v) is 7.64. The topological polar surface area (TPSA) is 44.9 Å². The van der Waals surface area contributed by atoms with Crippen LogP contribution < -0.4 is 5.32 Å². The zero-order valence-electron chi connectivity index (χ0n) is 14.0. The van der Waals surface area contributed by atoms with Crippen LogP contribution in [0.4, 0.5) is 0 Å². The van der Waals surface area contributed by atoms with Crippen LogP contribution in [0.25, 0.3) is 10.9 Å². The number of nitrogens with one attached hydrogen (secondary N) is 2. The Morgan fingerprint density at radius 2 is 2.25 bits per heavy atom. The van der Waals surface area contributed by atoms with E-state index in [2.05, 4.69) is 29.4 Å². The summed E-state index contributed by atoms with van der Waals surface area (Å²) in [4.78, 5) is 15.9. The molecule has 0 unspecified atom stereocenters. The monoisotopic (exact) mass is 342 g/mol. The van der Waals surface area contributed by atoms with Gasteiger partial charge in [-0.15, -0.1) is 0 Å². The third kappa shape index (κ3) is 2.98. The van der Waals surface area contributed by atoms with Gasteiger partial charge < -0.3 is 10.3 Å². The van der Waals surface area contributed by atoms with Crippen LogP contribution in [0.3, 0.4) is 0 Å². The largest absolute Gasteiger partial charge is 0.358 e. The normalized spacial score (nSPS) is 22.8. The van der Waals surface area contributed by atoms with E-state index in [4.69, 9.17) is 11.6 Å². The van der Waals surface area contributed by atoms with Gasteiger partial charge in [0.15, 0.2) is 0 Å². The summed E-state index contributed by atoms with van der Waals surface area (Å²) in [5.74, 6) is 0.618. The Kier molecular flexibility index (Phi) is 4.13. The van der Waals surface area contributed by atoms with E-state index >= 15 is 0 Å². The molecule has 0 radical (unpaired) electrons. The van der Waals surface area contributed by atoms with Crippen molar-refractivity contribution in [3.8, 4) is 0 Å². The van der Waals surface area contributed by atoms with Crippen LogP contribution in [0, 0.1) is 12.8 Å². The minimum absolute atomic E-state index is 0.189. The second kappa shape index (κ2) is 6.29. The van der Waals surface area contributed by atoms with Gasteiger partial charge in [0.1, 0.15) is 0 Å². The molecular formula is C20H23ClN2O. The summed E-state index contributed by atoms with van der Waals surface area (Å²) in [7, 11) is 0. The molecule has 4 heteroatoms. The minimum Gasteiger partial charge on any atom is -0.358 e. The van der Waals surface area contributed by atoms with Gasteiger partial charge in [-0.05, 0) is 68.2 Å². The maximum absolute atomic E-state index is 12.3. The van der Waals surface area contributed by atoms with Crippen LogP contribution in [0.15, 0.2) is 24.3 Å². The molecule has 0 saturated carbocycles. The molecular weight excluding hydrogens is 320 g/mol. The average molecular weight is 343 g/mol.